The van der Waals surface area contributed by atoms with Crippen LogP contribution in [0.25, 0.3) is 0 Å². The molecule has 1 atom stereocenters. The Balaban J connectivity index is 1.47. The largest absolute Gasteiger partial charge is 0.381 e. The molecule has 2 aromatic rings. The number of nitrogens with one attached hydrogen (secondary N) is 1. The van der Waals surface area contributed by atoms with Crippen molar-refractivity contribution in [1.82, 2.24) is 4.98 Å². The molecular weight excluding hydrogens is 428 g/mol. The van der Waals surface area contributed by atoms with Crippen LogP contribution in [0.1, 0.15) is 32.6 Å². The lowest BCUT2D eigenvalue weighted by atomic mass is 10.0. The molecule has 0 unspecified atom stereocenters. The van der Waals surface area contributed by atoms with Gasteiger partial charge in [-0.15, -0.1) is 0 Å². The van der Waals surface area contributed by atoms with Crippen LogP contribution in [0.3, 0.4) is 0 Å². The van der Waals surface area contributed by atoms with E-state index in [0.717, 1.165) is 37.2 Å². The minimum atomic E-state index is -3.26. The SMILES string of the molecule is C[C@@H]1C(=O)N(C)c2ccc(Nc3cccc(S(=O)(=O)C4CC4)c3)nc2N1C1CCOCC1. The molecule has 8 nitrogen and oxygen atoms in total. The van der Waals surface area contributed by atoms with Gasteiger partial charge in [0.2, 0.25) is 5.91 Å². The zero-order chi connectivity index (χ0) is 22.5. The van der Waals surface area contributed by atoms with E-state index < -0.39 is 9.84 Å². The fourth-order valence-corrected chi connectivity index (χ4v) is 6.29. The molecule has 0 spiro atoms. The monoisotopic (exact) mass is 456 g/mol. The molecule has 0 radical (unpaired) electrons. The van der Waals surface area contributed by atoms with Crippen LogP contribution < -0.4 is 15.1 Å². The Morgan fingerprint density at radius 1 is 1.09 bits per heavy atom. The van der Waals surface area contributed by atoms with E-state index in [9.17, 15) is 13.2 Å². The lowest BCUT2D eigenvalue weighted by molar-refractivity contribution is -0.119. The van der Waals surface area contributed by atoms with E-state index in [1.165, 1.54) is 0 Å². The van der Waals surface area contributed by atoms with Crippen molar-refractivity contribution in [2.24, 2.45) is 0 Å². The molecule has 1 N–H and O–H groups in total. The first-order chi connectivity index (χ1) is 15.4. The van der Waals surface area contributed by atoms with E-state index in [0.29, 0.717) is 29.6 Å². The molecule has 9 heteroatoms. The van der Waals surface area contributed by atoms with Gasteiger partial charge in [-0.1, -0.05) is 6.07 Å². The Morgan fingerprint density at radius 2 is 1.84 bits per heavy atom. The van der Waals surface area contributed by atoms with Gasteiger partial charge < -0.3 is 19.9 Å². The minimum Gasteiger partial charge on any atom is -0.381 e. The highest BCUT2D eigenvalue weighted by atomic mass is 32.2. The molecule has 1 saturated carbocycles. The first kappa shape index (κ1) is 21.2. The summed E-state index contributed by atoms with van der Waals surface area (Å²) in [5.74, 6) is 1.42. The van der Waals surface area contributed by atoms with Crippen LogP contribution in [0.4, 0.5) is 23.0 Å². The van der Waals surface area contributed by atoms with Crippen molar-refractivity contribution in [1.29, 1.82) is 0 Å². The van der Waals surface area contributed by atoms with Crippen molar-refractivity contribution < 1.29 is 17.9 Å². The molecule has 1 amide bonds. The number of anilines is 4. The number of likely N-dealkylation sites (N-methyl/N-ethyl adjacent to an activating group) is 1. The predicted molar refractivity (Wildman–Crippen MR) is 123 cm³/mol. The number of pyridine rings is 1. The first-order valence-corrected chi connectivity index (χ1v) is 12.7. The molecule has 170 valence electrons. The van der Waals surface area contributed by atoms with E-state index in [-0.39, 0.29) is 23.2 Å². The van der Waals surface area contributed by atoms with Gasteiger partial charge in [-0.2, -0.15) is 0 Å². The Hall–Kier alpha value is -2.65. The molecule has 5 rings (SSSR count). The molecule has 1 aromatic heterocycles. The highest BCUT2D eigenvalue weighted by Crippen LogP contribution is 2.39. The maximum absolute atomic E-state index is 12.9. The summed E-state index contributed by atoms with van der Waals surface area (Å²) < 4.78 is 30.7. The van der Waals surface area contributed by atoms with Gasteiger partial charge in [0.25, 0.3) is 0 Å². The van der Waals surface area contributed by atoms with Crippen molar-refractivity contribution in [3.8, 4) is 0 Å². The van der Waals surface area contributed by atoms with Gasteiger partial charge in [-0.25, -0.2) is 13.4 Å². The highest BCUT2D eigenvalue weighted by molar-refractivity contribution is 7.92. The average Bonchev–Trinajstić information content (AvgIpc) is 3.65. The summed E-state index contributed by atoms with van der Waals surface area (Å²) in [6, 6.07) is 10.5. The number of carbonyl (C=O) groups is 1. The molecule has 1 saturated heterocycles. The lowest BCUT2D eigenvalue weighted by Crippen LogP contribution is -2.56. The smallest absolute Gasteiger partial charge is 0.249 e. The van der Waals surface area contributed by atoms with E-state index in [1.807, 2.05) is 25.1 Å². The predicted octanol–water partition coefficient (Wildman–Crippen LogP) is 3.11. The summed E-state index contributed by atoms with van der Waals surface area (Å²) in [5.41, 5.74) is 1.44. The maximum atomic E-state index is 12.9. The van der Waals surface area contributed by atoms with E-state index in [4.69, 9.17) is 9.72 Å². The second-order valence-corrected chi connectivity index (χ2v) is 11.0. The van der Waals surface area contributed by atoms with Gasteiger partial charge in [-0.05, 0) is 62.9 Å². The number of aromatic nitrogens is 1. The number of ether oxygens (including phenoxy) is 1. The number of hydrogen-bond donors (Lipinski definition) is 1. The van der Waals surface area contributed by atoms with Crippen LogP contribution in [0.2, 0.25) is 0 Å². The number of fused-ring (bicyclic) bond motifs is 1. The molecule has 3 aliphatic rings. The molecule has 0 bridgehead atoms. The van der Waals surface area contributed by atoms with Crippen molar-refractivity contribution in [2.45, 2.75) is 54.8 Å². The van der Waals surface area contributed by atoms with Crippen LogP contribution in [-0.2, 0) is 19.4 Å². The Bertz CT molecular complexity index is 1140. The second kappa shape index (κ2) is 8.04. The van der Waals surface area contributed by atoms with Crippen LogP contribution >= 0.6 is 0 Å². The van der Waals surface area contributed by atoms with Gasteiger partial charge in [0, 0.05) is 32.0 Å². The standard InChI is InChI=1S/C23H28N4O4S/c1-15-23(28)26(2)20-8-9-21(25-22(20)27(15)17-10-12-31-13-11-17)24-16-4-3-5-19(14-16)32(29,30)18-6-7-18/h3-5,8-9,14-15,17-18H,6-7,10-13H2,1-2H3,(H,24,25)/t15-/m1/s1. The van der Waals surface area contributed by atoms with Crippen molar-refractivity contribution in [2.75, 3.05) is 35.4 Å². The molecule has 32 heavy (non-hydrogen) atoms. The van der Waals surface area contributed by atoms with E-state index in [2.05, 4.69) is 10.2 Å². The van der Waals surface area contributed by atoms with Gasteiger partial charge in [0.05, 0.1) is 15.8 Å². The average molecular weight is 457 g/mol. The molecule has 1 aromatic carbocycles. The Morgan fingerprint density at radius 3 is 2.56 bits per heavy atom. The molecule has 2 aliphatic heterocycles. The van der Waals surface area contributed by atoms with Crippen molar-refractivity contribution >= 4 is 38.8 Å². The lowest BCUT2D eigenvalue weighted by Gasteiger charge is -2.44. The third-order valence-electron chi connectivity index (χ3n) is 6.55. The normalized spacial score (nSPS) is 22.1. The zero-order valence-electron chi connectivity index (χ0n) is 18.3. The summed E-state index contributed by atoms with van der Waals surface area (Å²) in [7, 11) is -1.49. The zero-order valence-corrected chi connectivity index (χ0v) is 19.1. The number of amides is 1. The molecule has 3 heterocycles. The summed E-state index contributed by atoms with van der Waals surface area (Å²) in [5, 5.41) is 3.01. The molecule has 2 fully saturated rings. The number of rotatable bonds is 5. The summed E-state index contributed by atoms with van der Waals surface area (Å²) >= 11 is 0. The van der Waals surface area contributed by atoms with E-state index >= 15 is 0 Å². The van der Waals surface area contributed by atoms with Gasteiger partial charge in [0.15, 0.2) is 15.7 Å². The van der Waals surface area contributed by atoms with Crippen LogP contribution in [-0.4, -0.2) is 56.9 Å². The van der Waals surface area contributed by atoms with Gasteiger partial charge in [0.1, 0.15) is 11.9 Å². The van der Waals surface area contributed by atoms with Crippen LogP contribution in [0.5, 0.6) is 0 Å². The van der Waals surface area contributed by atoms with E-state index in [1.54, 1.807) is 30.1 Å². The topological polar surface area (TPSA) is 91.8 Å². The fraction of sp³-hybridized carbons (Fsp3) is 0.478. The third kappa shape index (κ3) is 3.73. The summed E-state index contributed by atoms with van der Waals surface area (Å²) in [6.07, 6.45) is 3.17. The van der Waals surface area contributed by atoms with Crippen LogP contribution in [0, 0.1) is 0 Å². The number of sulfone groups is 1. The van der Waals surface area contributed by atoms with Crippen LogP contribution in [0.15, 0.2) is 41.3 Å². The minimum absolute atomic E-state index is 0.0458. The molecular formula is C23H28N4O4S. The maximum Gasteiger partial charge on any atom is 0.249 e. The first-order valence-electron chi connectivity index (χ1n) is 11.1. The number of nitrogens with zero attached hydrogens (tertiary/aromatic N) is 3. The van der Waals surface area contributed by atoms with Gasteiger partial charge in [-0.3, -0.25) is 4.79 Å². The van der Waals surface area contributed by atoms with Crippen molar-refractivity contribution in [3.63, 3.8) is 0 Å². The Labute approximate surface area is 188 Å². The third-order valence-corrected chi connectivity index (χ3v) is 8.81. The summed E-state index contributed by atoms with van der Waals surface area (Å²) in [6.45, 7) is 3.27. The van der Waals surface area contributed by atoms with Gasteiger partial charge >= 0.3 is 0 Å². The molecule has 1 aliphatic carbocycles. The number of carbonyl (C=O) groups excluding carboxylic acids is 1. The number of hydrogen-bond acceptors (Lipinski definition) is 7. The Kier molecular flexibility index (Phi) is 5.33. The van der Waals surface area contributed by atoms with Crippen molar-refractivity contribution in [3.05, 3.63) is 36.4 Å². The quantitative estimate of drug-likeness (QED) is 0.739. The summed E-state index contributed by atoms with van der Waals surface area (Å²) in [4.78, 5) is 21.9. The fourth-order valence-electron chi connectivity index (χ4n) is 4.59. The number of benzene rings is 1. The highest BCUT2D eigenvalue weighted by Gasteiger charge is 2.39. The second-order valence-electron chi connectivity index (χ2n) is 8.76.